The molecule has 1 saturated heterocycles. The van der Waals surface area contributed by atoms with Crippen LogP contribution in [-0.4, -0.2) is 85.2 Å². The van der Waals surface area contributed by atoms with E-state index in [0.717, 1.165) is 12.2 Å². The molecule has 0 bridgehead atoms. The van der Waals surface area contributed by atoms with Crippen molar-refractivity contribution in [3.8, 4) is 0 Å². The Hall–Kier alpha value is -3.32. The summed E-state index contributed by atoms with van der Waals surface area (Å²) < 4.78 is 7.71. The van der Waals surface area contributed by atoms with Crippen molar-refractivity contribution >= 4 is 28.7 Å². The lowest BCUT2D eigenvalue weighted by Gasteiger charge is -2.28. The van der Waals surface area contributed by atoms with E-state index in [0.29, 0.717) is 43.1 Å². The van der Waals surface area contributed by atoms with Crippen molar-refractivity contribution in [2.75, 3.05) is 37.2 Å². The number of hydrogen-bond acceptors (Lipinski definition) is 9. The predicted molar refractivity (Wildman–Crippen MR) is 154 cm³/mol. The highest BCUT2D eigenvalue weighted by Crippen LogP contribution is 2.32. The monoisotopic (exact) mass is 554 g/mol. The smallest absolute Gasteiger partial charge is 0.319 e. The maximum Gasteiger partial charge on any atom is 0.319 e. The minimum atomic E-state index is -1.16. The van der Waals surface area contributed by atoms with Crippen LogP contribution in [-0.2, 0) is 10.2 Å². The van der Waals surface area contributed by atoms with Gasteiger partial charge in [0.1, 0.15) is 30.2 Å². The van der Waals surface area contributed by atoms with E-state index in [9.17, 15) is 15.0 Å². The van der Waals surface area contributed by atoms with Crippen LogP contribution >= 0.6 is 0 Å². The number of aliphatic hydroxyl groups excluding tert-OH is 2. The molecule has 12 nitrogen and oxygen atoms in total. The number of amides is 2. The van der Waals surface area contributed by atoms with Crippen molar-refractivity contribution < 1.29 is 19.7 Å². The Morgan fingerprint density at radius 3 is 2.55 bits per heavy atom. The number of aromatic nitrogens is 4. The maximum atomic E-state index is 12.4. The number of anilines is 2. The summed E-state index contributed by atoms with van der Waals surface area (Å²) in [7, 11) is 0. The lowest BCUT2D eigenvalue weighted by atomic mass is 9.87. The number of aliphatic hydroxyl groups is 2. The lowest BCUT2D eigenvalue weighted by Crippen LogP contribution is -2.42. The first-order chi connectivity index (χ1) is 18.9. The van der Waals surface area contributed by atoms with E-state index in [1.165, 1.54) is 18.2 Å². The number of fused-ring (bicyclic) bond motifs is 1. The van der Waals surface area contributed by atoms with Crippen LogP contribution in [0.3, 0.4) is 0 Å². The third kappa shape index (κ3) is 7.05. The second-order valence-corrected chi connectivity index (χ2v) is 11.8. The second-order valence-electron chi connectivity index (χ2n) is 11.8. The Balaban J connectivity index is 1.29. The van der Waals surface area contributed by atoms with Gasteiger partial charge in [-0.1, -0.05) is 46.8 Å². The summed E-state index contributed by atoms with van der Waals surface area (Å²) in [6.07, 6.45) is -0.217. The molecule has 3 aromatic rings. The molecule has 2 aromatic heterocycles. The van der Waals surface area contributed by atoms with Gasteiger partial charge in [-0.2, -0.15) is 0 Å². The molecule has 1 unspecified atom stereocenters. The van der Waals surface area contributed by atoms with Gasteiger partial charge in [-0.15, -0.1) is 0 Å². The first-order valence-corrected chi connectivity index (χ1v) is 13.8. The summed E-state index contributed by atoms with van der Waals surface area (Å²) >= 11 is 0. The van der Waals surface area contributed by atoms with E-state index in [1.54, 1.807) is 4.57 Å². The third-order valence-electron chi connectivity index (χ3n) is 7.01. The summed E-state index contributed by atoms with van der Waals surface area (Å²) in [6, 6.07) is 7.62. The van der Waals surface area contributed by atoms with Gasteiger partial charge in [0, 0.05) is 25.3 Å². The first-order valence-electron chi connectivity index (χ1n) is 13.8. The van der Waals surface area contributed by atoms with Gasteiger partial charge >= 0.3 is 6.03 Å². The number of nitrogens with two attached hydrogens (primary N) is 1. The van der Waals surface area contributed by atoms with Crippen molar-refractivity contribution in [2.45, 2.75) is 71.0 Å². The molecule has 2 amide bonds. The van der Waals surface area contributed by atoms with E-state index in [2.05, 4.69) is 65.1 Å². The Morgan fingerprint density at radius 1 is 1.15 bits per heavy atom. The number of urea groups is 1. The molecule has 40 heavy (non-hydrogen) atoms. The number of nitrogens with zero attached hydrogens (tertiary/aromatic N) is 5. The Kier molecular flexibility index (Phi) is 9.24. The lowest BCUT2D eigenvalue weighted by molar-refractivity contribution is -0.0449. The highest BCUT2D eigenvalue weighted by molar-refractivity contribution is 5.89. The van der Waals surface area contributed by atoms with Gasteiger partial charge in [-0.3, -0.25) is 4.57 Å². The van der Waals surface area contributed by atoms with E-state index in [1.807, 2.05) is 24.3 Å². The molecule has 6 N–H and O–H groups in total. The topological polar surface area (TPSA) is 164 Å². The maximum absolute atomic E-state index is 12.4. The molecule has 218 valence electrons. The van der Waals surface area contributed by atoms with Crippen LogP contribution in [0.25, 0.3) is 11.2 Å². The van der Waals surface area contributed by atoms with Crippen LogP contribution < -0.4 is 16.4 Å². The van der Waals surface area contributed by atoms with Crippen molar-refractivity contribution in [2.24, 2.45) is 5.92 Å². The SMILES string of the molecule is CC(C)CN(CCCNC(=O)Nc1ccc(C(C)(C)C)cc1)C[C@H]1OC(n2cnc3c(N)ncnc32)[C@H](O)[C@@H]1O. The molecule has 1 aromatic carbocycles. The number of rotatable bonds is 10. The largest absolute Gasteiger partial charge is 0.387 e. The average molecular weight is 555 g/mol. The first kappa shape index (κ1) is 29.7. The molecular formula is C28H42N8O4. The van der Waals surface area contributed by atoms with Crippen LogP contribution in [0.15, 0.2) is 36.9 Å². The van der Waals surface area contributed by atoms with Crippen LogP contribution in [0.2, 0.25) is 0 Å². The number of hydrogen-bond donors (Lipinski definition) is 5. The second kappa shape index (κ2) is 12.5. The molecule has 0 aliphatic carbocycles. The average Bonchev–Trinajstić information content (AvgIpc) is 3.43. The molecule has 0 radical (unpaired) electrons. The summed E-state index contributed by atoms with van der Waals surface area (Å²) in [5.74, 6) is 0.612. The van der Waals surface area contributed by atoms with Gasteiger partial charge in [0.2, 0.25) is 0 Å². The zero-order chi connectivity index (χ0) is 29.0. The molecule has 1 fully saturated rings. The number of benzene rings is 1. The predicted octanol–water partition coefficient (Wildman–Crippen LogP) is 2.50. The summed E-state index contributed by atoms with van der Waals surface area (Å²) in [6.45, 7) is 13.1. The van der Waals surface area contributed by atoms with E-state index in [4.69, 9.17) is 10.5 Å². The molecular weight excluding hydrogens is 512 g/mol. The Labute approximate surface area is 235 Å². The number of nitrogen functional groups attached to an aromatic ring is 1. The summed E-state index contributed by atoms with van der Waals surface area (Å²) in [5, 5.41) is 27.4. The molecule has 1 aliphatic heterocycles. The standard InChI is InChI=1S/C28H42N8O4/c1-17(2)13-35(12-6-11-30-27(39)34-19-9-7-18(8-10-19)28(3,4)5)14-20-22(37)23(38)26(40-20)36-16-33-21-24(29)31-15-32-25(21)36/h7-10,15-17,20,22-23,26,37-38H,6,11-14H2,1-5H3,(H2,29,31,32)(H2,30,34,39)/t20-,22-,23-,26?/m1/s1. The molecule has 1 aliphatic rings. The van der Waals surface area contributed by atoms with Crippen LogP contribution in [0, 0.1) is 5.92 Å². The quantitative estimate of drug-likeness (QED) is 0.237. The molecule has 0 spiro atoms. The minimum absolute atomic E-state index is 0.0541. The van der Waals surface area contributed by atoms with E-state index >= 15 is 0 Å². The molecule has 3 heterocycles. The van der Waals surface area contributed by atoms with E-state index < -0.39 is 24.5 Å². The highest BCUT2D eigenvalue weighted by atomic mass is 16.6. The zero-order valence-corrected chi connectivity index (χ0v) is 23.9. The van der Waals surface area contributed by atoms with Crippen molar-refractivity contribution in [3.05, 3.63) is 42.5 Å². The Morgan fingerprint density at radius 2 is 1.88 bits per heavy atom. The molecule has 0 saturated carbocycles. The zero-order valence-electron chi connectivity index (χ0n) is 23.9. The number of ether oxygens (including phenoxy) is 1. The fourth-order valence-corrected chi connectivity index (χ4v) is 4.93. The molecule has 12 heteroatoms. The fourth-order valence-electron chi connectivity index (χ4n) is 4.93. The van der Waals surface area contributed by atoms with Gasteiger partial charge in [-0.05, 0) is 42.0 Å². The number of carbonyl (C=O) groups excluding carboxylic acids is 1. The van der Waals surface area contributed by atoms with Crippen LogP contribution in [0.5, 0.6) is 0 Å². The third-order valence-corrected chi connectivity index (χ3v) is 7.01. The number of nitrogens with one attached hydrogen (secondary N) is 2. The van der Waals surface area contributed by atoms with Gasteiger partial charge in [0.05, 0.1) is 6.33 Å². The van der Waals surface area contributed by atoms with Crippen molar-refractivity contribution in [1.82, 2.24) is 29.7 Å². The number of carbonyl (C=O) groups is 1. The van der Waals surface area contributed by atoms with Gasteiger partial charge in [-0.25, -0.2) is 19.7 Å². The Bertz CT molecular complexity index is 1270. The van der Waals surface area contributed by atoms with Crippen molar-refractivity contribution in [3.63, 3.8) is 0 Å². The fraction of sp³-hybridized carbons (Fsp3) is 0.571. The summed E-state index contributed by atoms with van der Waals surface area (Å²) in [4.78, 5) is 27.0. The minimum Gasteiger partial charge on any atom is -0.387 e. The van der Waals surface area contributed by atoms with Crippen LogP contribution in [0.1, 0.15) is 52.8 Å². The van der Waals surface area contributed by atoms with Crippen molar-refractivity contribution in [1.29, 1.82) is 0 Å². The van der Waals surface area contributed by atoms with Crippen LogP contribution in [0.4, 0.5) is 16.3 Å². The van der Waals surface area contributed by atoms with Gasteiger partial charge in [0.25, 0.3) is 0 Å². The summed E-state index contributed by atoms with van der Waals surface area (Å²) in [5.41, 5.74) is 8.73. The van der Waals surface area contributed by atoms with E-state index in [-0.39, 0.29) is 17.3 Å². The normalized spacial score (nSPS) is 21.4. The van der Waals surface area contributed by atoms with Gasteiger partial charge in [0.15, 0.2) is 17.7 Å². The number of imidazole rings is 1. The highest BCUT2D eigenvalue weighted by Gasteiger charge is 2.44. The van der Waals surface area contributed by atoms with Gasteiger partial charge < -0.3 is 36.2 Å². The molecule has 4 rings (SSSR count). The molecule has 4 atom stereocenters.